The fourth-order valence-corrected chi connectivity index (χ4v) is 3.19. The Kier molecular flexibility index (Phi) is 4.08. The average Bonchev–Trinajstić information content (AvgIpc) is 2.91. The van der Waals surface area contributed by atoms with Gasteiger partial charge in [-0.3, -0.25) is 14.9 Å². The van der Waals surface area contributed by atoms with E-state index in [2.05, 4.69) is 15.6 Å². The number of amides is 2. The number of aromatic nitrogens is 1. The molecule has 0 aliphatic carbocycles. The van der Waals surface area contributed by atoms with Gasteiger partial charge in [-0.25, -0.2) is 4.98 Å². The van der Waals surface area contributed by atoms with Gasteiger partial charge < -0.3 is 5.32 Å². The van der Waals surface area contributed by atoms with Crippen LogP contribution >= 0.6 is 11.3 Å². The average molecular weight is 325 g/mol. The summed E-state index contributed by atoms with van der Waals surface area (Å²) in [7, 11) is 0. The first kappa shape index (κ1) is 15.2. The topological polar surface area (TPSA) is 71.1 Å². The number of thiazole rings is 1. The molecule has 1 aromatic heterocycles. The maximum Gasteiger partial charge on any atom is 0.257 e. The molecule has 0 unspecified atom stereocenters. The summed E-state index contributed by atoms with van der Waals surface area (Å²) in [5.74, 6) is -0.432. The number of nitrogens with one attached hydrogen (secondary N) is 2. The Hall–Kier alpha value is -2.73. The van der Waals surface area contributed by atoms with E-state index >= 15 is 0 Å². The molecule has 0 aliphatic heterocycles. The van der Waals surface area contributed by atoms with Gasteiger partial charge in [0.05, 0.1) is 10.2 Å². The van der Waals surface area contributed by atoms with Crippen molar-refractivity contribution in [2.45, 2.75) is 13.8 Å². The maximum atomic E-state index is 12.4. The molecule has 2 aromatic carbocycles. The first-order chi connectivity index (χ1) is 11.0. The predicted molar refractivity (Wildman–Crippen MR) is 93.1 cm³/mol. The molecule has 5 nitrogen and oxygen atoms in total. The summed E-state index contributed by atoms with van der Waals surface area (Å²) in [6, 6.07) is 12.7. The molecule has 0 saturated heterocycles. The third-order valence-electron chi connectivity index (χ3n) is 3.29. The lowest BCUT2D eigenvalue weighted by Crippen LogP contribution is -2.13. The van der Waals surface area contributed by atoms with Crippen LogP contribution < -0.4 is 10.6 Å². The second-order valence-corrected chi connectivity index (χ2v) is 6.19. The number of carbonyl (C=O) groups excluding carboxylic acids is 2. The van der Waals surface area contributed by atoms with Crippen molar-refractivity contribution in [1.29, 1.82) is 0 Å². The van der Waals surface area contributed by atoms with Crippen LogP contribution in [-0.2, 0) is 4.79 Å². The van der Waals surface area contributed by atoms with Gasteiger partial charge in [-0.1, -0.05) is 29.5 Å². The minimum Gasteiger partial charge on any atom is -0.326 e. The maximum absolute atomic E-state index is 12.4. The van der Waals surface area contributed by atoms with E-state index in [0.717, 1.165) is 15.8 Å². The number of hydrogen-bond acceptors (Lipinski definition) is 4. The van der Waals surface area contributed by atoms with Crippen LogP contribution in [0.3, 0.4) is 0 Å². The predicted octanol–water partition coefficient (Wildman–Crippen LogP) is 3.82. The van der Waals surface area contributed by atoms with E-state index in [1.54, 1.807) is 24.3 Å². The SMILES string of the molecule is CC(=O)Nc1cccc(C(=O)Nc2nc3c(C)cccc3s2)c1. The van der Waals surface area contributed by atoms with E-state index in [9.17, 15) is 9.59 Å². The van der Waals surface area contributed by atoms with Gasteiger partial charge in [0.1, 0.15) is 0 Å². The van der Waals surface area contributed by atoms with Gasteiger partial charge in [-0.05, 0) is 36.8 Å². The van der Waals surface area contributed by atoms with Gasteiger partial charge in [0.2, 0.25) is 5.91 Å². The van der Waals surface area contributed by atoms with Crippen molar-refractivity contribution in [2.75, 3.05) is 10.6 Å². The molecule has 3 rings (SSSR count). The Labute approximate surface area is 137 Å². The molecular formula is C17H15N3O2S. The number of fused-ring (bicyclic) bond motifs is 1. The highest BCUT2D eigenvalue weighted by Gasteiger charge is 2.11. The summed E-state index contributed by atoms with van der Waals surface area (Å²) in [4.78, 5) is 27.9. The summed E-state index contributed by atoms with van der Waals surface area (Å²) in [6.45, 7) is 3.42. The van der Waals surface area contributed by atoms with Crippen LogP contribution in [0.2, 0.25) is 0 Å². The van der Waals surface area contributed by atoms with Crippen molar-refractivity contribution in [3.63, 3.8) is 0 Å². The smallest absolute Gasteiger partial charge is 0.257 e. The number of rotatable bonds is 3. The lowest BCUT2D eigenvalue weighted by Gasteiger charge is -2.05. The summed E-state index contributed by atoms with van der Waals surface area (Å²) in [5, 5.41) is 6.03. The Bertz CT molecular complexity index is 902. The second-order valence-electron chi connectivity index (χ2n) is 5.16. The molecule has 1 heterocycles. The van der Waals surface area contributed by atoms with Crippen molar-refractivity contribution >= 4 is 44.2 Å². The molecule has 0 atom stereocenters. The Morgan fingerprint density at radius 3 is 2.61 bits per heavy atom. The van der Waals surface area contributed by atoms with E-state index in [4.69, 9.17) is 0 Å². The number of para-hydroxylation sites is 1. The van der Waals surface area contributed by atoms with Crippen molar-refractivity contribution in [3.8, 4) is 0 Å². The van der Waals surface area contributed by atoms with Gasteiger partial charge in [0.15, 0.2) is 5.13 Å². The first-order valence-corrected chi connectivity index (χ1v) is 7.90. The van der Waals surface area contributed by atoms with Crippen LogP contribution in [0.5, 0.6) is 0 Å². The minimum atomic E-state index is -0.256. The van der Waals surface area contributed by atoms with Crippen molar-refractivity contribution in [1.82, 2.24) is 4.98 Å². The highest BCUT2D eigenvalue weighted by molar-refractivity contribution is 7.22. The van der Waals surface area contributed by atoms with Crippen LogP contribution in [0.4, 0.5) is 10.8 Å². The van der Waals surface area contributed by atoms with Crippen LogP contribution in [0.1, 0.15) is 22.8 Å². The monoisotopic (exact) mass is 325 g/mol. The second kappa shape index (κ2) is 6.18. The Balaban J connectivity index is 1.83. The molecule has 2 amide bonds. The standard InChI is InChI=1S/C17H15N3O2S/c1-10-5-3-8-14-15(10)19-17(23-14)20-16(22)12-6-4-7-13(9-12)18-11(2)21/h3-9H,1-2H3,(H,18,21)(H,19,20,22). The molecule has 3 aromatic rings. The summed E-state index contributed by atoms with van der Waals surface area (Å²) in [6.07, 6.45) is 0. The number of nitrogens with zero attached hydrogens (tertiary/aromatic N) is 1. The third kappa shape index (κ3) is 3.37. The van der Waals surface area contributed by atoms with Gasteiger partial charge in [-0.15, -0.1) is 0 Å². The zero-order chi connectivity index (χ0) is 16.4. The normalized spacial score (nSPS) is 10.5. The molecular weight excluding hydrogens is 310 g/mol. The van der Waals surface area contributed by atoms with Crippen LogP contribution in [0.25, 0.3) is 10.2 Å². The number of benzene rings is 2. The van der Waals surface area contributed by atoms with E-state index in [1.807, 2.05) is 25.1 Å². The van der Waals surface area contributed by atoms with E-state index in [0.29, 0.717) is 16.4 Å². The molecule has 0 saturated carbocycles. The fraction of sp³-hybridized carbons (Fsp3) is 0.118. The van der Waals surface area contributed by atoms with Crippen molar-refractivity contribution in [3.05, 3.63) is 53.6 Å². The van der Waals surface area contributed by atoms with Gasteiger partial charge >= 0.3 is 0 Å². The molecule has 0 fully saturated rings. The van der Waals surface area contributed by atoms with Crippen LogP contribution in [0, 0.1) is 6.92 Å². The lowest BCUT2D eigenvalue weighted by atomic mass is 10.2. The molecule has 0 bridgehead atoms. The number of anilines is 2. The third-order valence-corrected chi connectivity index (χ3v) is 4.22. The number of hydrogen-bond donors (Lipinski definition) is 2. The van der Waals surface area contributed by atoms with E-state index in [1.165, 1.54) is 18.3 Å². The van der Waals surface area contributed by atoms with Crippen LogP contribution in [0.15, 0.2) is 42.5 Å². The Morgan fingerprint density at radius 1 is 1.09 bits per heavy atom. The molecule has 116 valence electrons. The lowest BCUT2D eigenvalue weighted by molar-refractivity contribution is -0.114. The summed E-state index contributed by atoms with van der Waals surface area (Å²) < 4.78 is 1.03. The minimum absolute atomic E-state index is 0.177. The van der Waals surface area contributed by atoms with Gasteiger partial charge in [0, 0.05) is 18.2 Å². The van der Waals surface area contributed by atoms with E-state index in [-0.39, 0.29) is 11.8 Å². The molecule has 0 aliphatic rings. The van der Waals surface area contributed by atoms with Gasteiger partial charge in [0.25, 0.3) is 5.91 Å². The van der Waals surface area contributed by atoms with Gasteiger partial charge in [-0.2, -0.15) is 0 Å². The van der Waals surface area contributed by atoms with Crippen LogP contribution in [-0.4, -0.2) is 16.8 Å². The zero-order valence-electron chi connectivity index (χ0n) is 12.7. The quantitative estimate of drug-likeness (QED) is 0.769. The summed E-state index contributed by atoms with van der Waals surface area (Å²) >= 11 is 1.44. The molecule has 0 radical (unpaired) electrons. The Morgan fingerprint density at radius 2 is 1.87 bits per heavy atom. The summed E-state index contributed by atoms with van der Waals surface area (Å²) in [5.41, 5.74) is 3.03. The number of aryl methyl sites for hydroxylation is 1. The van der Waals surface area contributed by atoms with Crippen molar-refractivity contribution in [2.24, 2.45) is 0 Å². The zero-order valence-corrected chi connectivity index (χ0v) is 13.5. The largest absolute Gasteiger partial charge is 0.326 e. The fourth-order valence-electron chi connectivity index (χ4n) is 2.25. The first-order valence-electron chi connectivity index (χ1n) is 7.08. The number of carbonyl (C=O) groups is 2. The molecule has 0 spiro atoms. The highest BCUT2D eigenvalue weighted by atomic mass is 32.1. The van der Waals surface area contributed by atoms with E-state index < -0.39 is 0 Å². The van der Waals surface area contributed by atoms with Crippen molar-refractivity contribution < 1.29 is 9.59 Å². The molecule has 2 N–H and O–H groups in total. The molecule has 6 heteroatoms. The molecule has 23 heavy (non-hydrogen) atoms. The highest BCUT2D eigenvalue weighted by Crippen LogP contribution is 2.28.